The Bertz CT molecular complexity index is 925. The maximum Gasteiger partial charge on any atom is 0.234 e. The number of anilines is 1. The van der Waals surface area contributed by atoms with Crippen LogP contribution in [0.3, 0.4) is 0 Å². The van der Waals surface area contributed by atoms with E-state index in [2.05, 4.69) is 17.4 Å². The van der Waals surface area contributed by atoms with Crippen molar-refractivity contribution in [1.29, 1.82) is 0 Å². The number of aryl methyl sites for hydroxylation is 2. The molecule has 0 radical (unpaired) electrons. The summed E-state index contributed by atoms with van der Waals surface area (Å²) in [5.74, 6) is 0.862. The van der Waals surface area contributed by atoms with Crippen molar-refractivity contribution in [2.45, 2.75) is 18.9 Å². The van der Waals surface area contributed by atoms with Crippen molar-refractivity contribution in [1.82, 2.24) is 4.98 Å². The Morgan fingerprint density at radius 1 is 1.12 bits per heavy atom. The maximum atomic E-state index is 12.3. The molecule has 25 heavy (non-hydrogen) atoms. The number of carbonyl (C=O) groups excluding carboxylic acids is 1. The zero-order valence-electron chi connectivity index (χ0n) is 14.5. The predicted molar refractivity (Wildman–Crippen MR) is 104 cm³/mol. The van der Waals surface area contributed by atoms with Gasteiger partial charge in [0.1, 0.15) is 10.8 Å². The minimum absolute atomic E-state index is 0.0828. The summed E-state index contributed by atoms with van der Waals surface area (Å²) >= 11 is 1.45. The summed E-state index contributed by atoms with van der Waals surface area (Å²) in [4.78, 5) is 17.0. The molecule has 128 valence electrons. The van der Waals surface area contributed by atoms with Crippen LogP contribution in [0.15, 0.2) is 53.6 Å². The third-order valence-electron chi connectivity index (χ3n) is 3.91. The Balaban J connectivity index is 1.73. The number of rotatable bonds is 5. The highest BCUT2D eigenvalue weighted by atomic mass is 32.2. The molecule has 0 bridgehead atoms. The maximum absolute atomic E-state index is 12.3. The molecule has 5 heteroatoms. The molecule has 0 aliphatic carbocycles. The number of hydrogen-bond donors (Lipinski definition) is 1. The number of fused-ring (bicyclic) bond motifs is 1. The molecule has 3 aromatic rings. The lowest BCUT2D eigenvalue weighted by Gasteiger charge is -2.11. The molecule has 4 nitrogen and oxygen atoms in total. The SMILES string of the molecule is COc1ccccc1NC(=O)CSc1nc2c(C)cccc2cc1C. The average Bonchev–Trinajstić information content (AvgIpc) is 2.61. The number of carbonyl (C=O) groups is 1. The first-order chi connectivity index (χ1) is 12.1. The van der Waals surface area contributed by atoms with E-state index in [1.807, 2.05) is 50.2 Å². The molecule has 0 unspecified atom stereocenters. The standard InChI is InChI=1S/C20H20N2O2S/c1-13-7-6-8-15-11-14(2)20(22-19(13)15)25-12-18(23)21-16-9-4-5-10-17(16)24-3/h4-11H,12H2,1-3H3,(H,21,23). The minimum atomic E-state index is -0.0828. The van der Waals surface area contributed by atoms with Gasteiger partial charge < -0.3 is 10.1 Å². The molecule has 0 aliphatic heterocycles. The molecule has 0 fully saturated rings. The van der Waals surface area contributed by atoms with E-state index in [-0.39, 0.29) is 5.91 Å². The first-order valence-corrected chi connectivity index (χ1v) is 8.99. The van der Waals surface area contributed by atoms with Crippen LogP contribution in [0.1, 0.15) is 11.1 Å². The quantitative estimate of drug-likeness (QED) is 0.682. The fourth-order valence-electron chi connectivity index (χ4n) is 2.65. The Kier molecular flexibility index (Phi) is 5.24. The van der Waals surface area contributed by atoms with Crippen LogP contribution in [-0.4, -0.2) is 23.8 Å². The molecule has 0 aliphatic rings. The van der Waals surface area contributed by atoms with Crippen molar-refractivity contribution < 1.29 is 9.53 Å². The van der Waals surface area contributed by atoms with Crippen LogP contribution >= 0.6 is 11.8 Å². The van der Waals surface area contributed by atoms with Gasteiger partial charge in [0.15, 0.2) is 0 Å². The number of amides is 1. The topological polar surface area (TPSA) is 51.2 Å². The number of benzene rings is 2. The molecule has 0 saturated heterocycles. The molecular formula is C20H20N2O2S. The van der Waals surface area contributed by atoms with E-state index in [0.717, 1.165) is 27.1 Å². The molecule has 1 amide bonds. The summed E-state index contributed by atoms with van der Waals surface area (Å²) in [5.41, 5.74) is 3.88. The summed E-state index contributed by atoms with van der Waals surface area (Å²) in [6.07, 6.45) is 0. The number of para-hydroxylation sites is 3. The van der Waals surface area contributed by atoms with Crippen molar-refractivity contribution >= 4 is 34.3 Å². The summed E-state index contributed by atoms with van der Waals surface area (Å²) in [7, 11) is 1.59. The molecule has 0 spiro atoms. The van der Waals surface area contributed by atoms with Gasteiger partial charge in [0.2, 0.25) is 5.91 Å². The van der Waals surface area contributed by atoms with Gasteiger partial charge in [-0.1, -0.05) is 42.1 Å². The van der Waals surface area contributed by atoms with Crippen molar-refractivity contribution in [3.8, 4) is 5.75 Å². The van der Waals surface area contributed by atoms with Crippen LogP contribution in [0, 0.1) is 13.8 Å². The summed E-state index contributed by atoms with van der Waals surface area (Å²) in [5, 5.41) is 4.90. The summed E-state index contributed by atoms with van der Waals surface area (Å²) in [6, 6.07) is 15.6. The Hall–Kier alpha value is -2.53. The van der Waals surface area contributed by atoms with E-state index in [0.29, 0.717) is 17.2 Å². The highest BCUT2D eigenvalue weighted by molar-refractivity contribution is 8.00. The number of ether oxygens (including phenoxy) is 1. The monoisotopic (exact) mass is 352 g/mol. The van der Waals surface area contributed by atoms with Gasteiger partial charge in [0.05, 0.1) is 24.1 Å². The lowest BCUT2D eigenvalue weighted by atomic mass is 10.1. The predicted octanol–water partition coefficient (Wildman–Crippen LogP) is 4.59. The molecular weight excluding hydrogens is 332 g/mol. The molecule has 0 saturated carbocycles. The molecule has 3 rings (SSSR count). The number of nitrogens with one attached hydrogen (secondary N) is 1. The highest BCUT2D eigenvalue weighted by Crippen LogP contribution is 2.27. The lowest BCUT2D eigenvalue weighted by Crippen LogP contribution is -2.14. The molecule has 0 atom stereocenters. The van der Waals surface area contributed by atoms with Gasteiger partial charge >= 0.3 is 0 Å². The number of methoxy groups -OCH3 is 1. The molecule has 1 aromatic heterocycles. The van der Waals surface area contributed by atoms with Gasteiger partial charge in [0, 0.05) is 5.39 Å². The zero-order chi connectivity index (χ0) is 17.8. The van der Waals surface area contributed by atoms with E-state index in [4.69, 9.17) is 9.72 Å². The summed E-state index contributed by atoms with van der Waals surface area (Å²) < 4.78 is 5.26. The van der Waals surface area contributed by atoms with E-state index in [1.165, 1.54) is 11.8 Å². The Labute approximate surface area is 151 Å². The van der Waals surface area contributed by atoms with E-state index in [9.17, 15) is 4.79 Å². The Morgan fingerprint density at radius 2 is 1.92 bits per heavy atom. The van der Waals surface area contributed by atoms with Gasteiger partial charge in [-0.05, 0) is 43.2 Å². The van der Waals surface area contributed by atoms with E-state index < -0.39 is 0 Å². The second-order valence-electron chi connectivity index (χ2n) is 5.79. The van der Waals surface area contributed by atoms with Crippen molar-refractivity contribution in [3.05, 3.63) is 59.7 Å². The fourth-order valence-corrected chi connectivity index (χ4v) is 3.43. The minimum Gasteiger partial charge on any atom is -0.495 e. The number of thioether (sulfide) groups is 1. The van der Waals surface area contributed by atoms with Gasteiger partial charge in [-0.15, -0.1) is 0 Å². The largest absolute Gasteiger partial charge is 0.495 e. The van der Waals surface area contributed by atoms with Crippen LogP contribution in [0.2, 0.25) is 0 Å². The third-order valence-corrected chi connectivity index (χ3v) is 5.01. The molecule has 2 aromatic carbocycles. The van der Waals surface area contributed by atoms with Crippen molar-refractivity contribution in [2.75, 3.05) is 18.2 Å². The normalized spacial score (nSPS) is 10.7. The second kappa shape index (κ2) is 7.57. The highest BCUT2D eigenvalue weighted by Gasteiger charge is 2.11. The first-order valence-electron chi connectivity index (χ1n) is 8.01. The second-order valence-corrected chi connectivity index (χ2v) is 6.76. The van der Waals surface area contributed by atoms with Crippen LogP contribution in [0.4, 0.5) is 5.69 Å². The van der Waals surface area contributed by atoms with Crippen LogP contribution in [0.5, 0.6) is 5.75 Å². The number of hydrogen-bond acceptors (Lipinski definition) is 4. The van der Waals surface area contributed by atoms with Crippen LogP contribution in [-0.2, 0) is 4.79 Å². The summed E-state index contributed by atoms with van der Waals surface area (Å²) in [6.45, 7) is 4.07. The third kappa shape index (κ3) is 3.94. The van der Waals surface area contributed by atoms with Crippen molar-refractivity contribution in [2.24, 2.45) is 0 Å². The van der Waals surface area contributed by atoms with Gasteiger partial charge in [-0.3, -0.25) is 4.79 Å². The smallest absolute Gasteiger partial charge is 0.234 e. The number of pyridine rings is 1. The average molecular weight is 352 g/mol. The fraction of sp³-hybridized carbons (Fsp3) is 0.200. The van der Waals surface area contributed by atoms with Crippen molar-refractivity contribution in [3.63, 3.8) is 0 Å². The molecule has 1 N–H and O–H groups in total. The number of aromatic nitrogens is 1. The Morgan fingerprint density at radius 3 is 2.72 bits per heavy atom. The van der Waals surface area contributed by atoms with Gasteiger partial charge in [0.25, 0.3) is 0 Å². The zero-order valence-corrected chi connectivity index (χ0v) is 15.3. The molecule has 1 heterocycles. The van der Waals surface area contributed by atoms with Gasteiger partial charge in [-0.2, -0.15) is 0 Å². The van der Waals surface area contributed by atoms with E-state index in [1.54, 1.807) is 7.11 Å². The van der Waals surface area contributed by atoms with Crippen LogP contribution in [0.25, 0.3) is 10.9 Å². The van der Waals surface area contributed by atoms with E-state index >= 15 is 0 Å². The van der Waals surface area contributed by atoms with Crippen LogP contribution < -0.4 is 10.1 Å². The lowest BCUT2D eigenvalue weighted by molar-refractivity contribution is -0.113. The first kappa shape index (κ1) is 17.3. The number of nitrogens with zero attached hydrogens (tertiary/aromatic N) is 1. The van der Waals surface area contributed by atoms with Gasteiger partial charge in [-0.25, -0.2) is 4.98 Å².